The molecule has 9 nitrogen and oxygen atoms in total. The maximum Gasteiger partial charge on any atom is 0.309 e. The van der Waals surface area contributed by atoms with Gasteiger partial charge in [0.1, 0.15) is 12.6 Å². The van der Waals surface area contributed by atoms with Gasteiger partial charge in [-0.25, -0.2) is 0 Å². The summed E-state index contributed by atoms with van der Waals surface area (Å²) in [6, 6.07) is 14.7. The molecule has 3 aromatic rings. The monoisotopic (exact) mass is 493 g/mol. The van der Waals surface area contributed by atoms with Crippen LogP contribution in [0.5, 0.6) is 0 Å². The zero-order valence-corrected chi connectivity index (χ0v) is 21.1. The van der Waals surface area contributed by atoms with E-state index in [1.54, 1.807) is 13.8 Å². The molecule has 0 saturated heterocycles. The Morgan fingerprint density at radius 3 is 2.58 bits per heavy atom. The lowest BCUT2D eigenvalue weighted by atomic mass is 10.1. The Labute approximate surface area is 211 Å². The predicted octanol–water partition coefficient (Wildman–Crippen LogP) is 3.32. The third-order valence-electron chi connectivity index (χ3n) is 6.52. The van der Waals surface area contributed by atoms with Crippen LogP contribution in [-0.4, -0.2) is 38.6 Å². The molecule has 2 aromatic heterocycles. The fraction of sp³-hybridized carbons (Fsp3) is 0.481. The Morgan fingerprint density at radius 2 is 1.89 bits per heavy atom. The molecule has 1 aliphatic carbocycles. The third-order valence-corrected chi connectivity index (χ3v) is 6.52. The summed E-state index contributed by atoms with van der Waals surface area (Å²) in [7, 11) is 0. The van der Waals surface area contributed by atoms with Gasteiger partial charge in [-0.3, -0.25) is 14.0 Å². The Balaban J connectivity index is 1.55. The highest BCUT2D eigenvalue weighted by Gasteiger charge is 2.30. The first-order valence-electron chi connectivity index (χ1n) is 12.4. The molecule has 36 heavy (non-hydrogen) atoms. The maximum absolute atomic E-state index is 12.8. The molecule has 1 unspecified atom stereocenters. The lowest BCUT2D eigenvalue weighted by molar-refractivity contribution is -0.149. The molecule has 9 heteroatoms. The zero-order chi connectivity index (χ0) is 25.7. The summed E-state index contributed by atoms with van der Waals surface area (Å²) in [5, 5.41) is 11.6. The molecule has 1 amide bonds. The number of esters is 1. The second kappa shape index (κ2) is 11.2. The van der Waals surface area contributed by atoms with Crippen molar-refractivity contribution in [2.24, 2.45) is 17.6 Å². The second-order valence-electron chi connectivity index (χ2n) is 10.2. The van der Waals surface area contributed by atoms with Crippen molar-refractivity contribution < 1.29 is 19.1 Å². The molecule has 1 aliphatic rings. The molecule has 3 N–H and O–H groups in total. The molecule has 0 aliphatic heterocycles. The summed E-state index contributed by atoms with van der Waals surface area (Å²) < 4.78 is 13.5. The van der Waals surface area contributed by atoms with Crippen LogP contribution in [0.2, 0.25) is 0 Å². The molecule has 4 rings (SSSR count). The first-order valence-corrected chi connectivity index (χ1v) is 12.4. The number of fused-ring (bicyclic) bond motifs is 1. The number of hydrogen-bond acceptors (Lipinski definition) is 7. The number of nitrogens with two attached hydrogens (primary N) is 1. The fourth-order valence-electron chi connectivity index (χ4n) is 4.45. The summed E-state index contributed by atoms with van der Waals surface area (Å²) in [6.45, 7) is 6.06. The van der Waals surface area contributed by atoms with Crippen molar-refractivity contribution in [2.75, 3.05) is 6.61 Å². The molecule has 1 aromatic carbocycles. The first-order chi connectivity index (χ1) is 17.2. The number of benzene rings is 1. The van der Waals surface area contributed by atoms with Crippen molar-refractivity contribution in [3.8, 4) is 0 Å². The number of amides is 1. The molecule has 2 heterocycles. The highest BCUT2D eigenvalue weighted by Crippen LogP contribution is 2.31. The molecule has 3 atom stereocenters. The average molecular weight is 494 g/mol. The summed E-state index contributed by atoms with van der Waals surface area (Å²) in [4.78, 5) is 25.4. The fourth-order valence-corrected chi connectivity index (χ4v) is 4.45. The Morgan fingerprint density at radius 1 is 1.11 bits per heavy atom. The average Bonchev–Trinajstić information content (AvgIpc) is 3.48. The molecule has 0 spiro atoms. The quantitative estimate of drug-likeness (QED) is 0.416. The van der Waals surface area contributed by atoms with E-state index in [4.69, 9.17) is 15.2 Å². The normalized spacial score (nSPS) is 18.8. The minimum atomic E-state index is -1.09. The van der Waals surface area contributed by atoms with Gasteiger partial charge < -0.3 is 20.5 Å². The number of nitrogens with one attached hydrogen (secondary N) is 1. The van der Waals surface area contributed by atoms with Gasteiger partial charge in [0.2, 0.25) is 5.91 Å². The van der Waals surface area contributed by atoms with E-state index in [2.05, 4.69) is 22.4 Å². The topological polar surface area (TPSA) is 121 Å². The Hall–Kier alpha value is -3.30. The number of carbonyl (C=O) groups excluding carboxylic acids is 2. The summed E-state index contributed by atoms with van der Waals surface area (Å²) in [5.74, 6) is 0.461. The van der Waals surface area contributed by atoms with Crippen LogP contribution in [0.25, 0.3) is 5.65 Å². The van der Waals surface area contributed by atoms with Crippen LogP contribution >= 0.6 is 0 Å². The molecule has 0 radical (unpaired) electrons. The van der Waals surface area contributed by atoms with E-state index in [-0.39, 0.29) is 31.0 Å². The second-order valence-corrected chi connectivity index (χ2v) is 10.2. The first kappa shape index (κ1) is 25.8. The number of hydrogen-bond donors (Lipinski definition) is 2. The number of nitrogens with zero attached hydrogens (tertiary/aromatic N) is 3. The molecule has 1 fully saturated rings. The van der Waals surface area contributed by atoms with Crippen LogP contribution in [0.1, 0.15) is 63.2 Å². The molecule has 192 valence electrons. The number of pyridine rings is 1. The zero-order valence-electron chi connectivity index (χ0n) is 21.1. The highest BCUT2D eigenvalue weighted by molar-refractivity contribution is 5.85. The van der Waals surface area contributed by atoms with Crippen molar-refractivity contribution in [3.05, 3.63) is 65.6 Å². The van der Waals surface area contributed by atoms with Crippen LogP contribution in [0.4, 0.5) is 0 Å². The Kier molecular flexibility index (Phi) is 8.01. The lowest BCUT2D eigenvalue weighted by Gasteiger charge is -2.24. The minimum Gasteiger partial charge on any atom is -0.459 e. The molecular weight excluding hydrogens is 458 g/mol. The van der Waals surface area contributed by atoms with E-state index in [1.807, 2.05) is 52.9 Å². The summed E-state index contributed by atoms with van der Waals surface area (Å²) >= 11 is 0. The van der Waals surface area contributed by atoms with Crippen molar-refractivity contribution >= 4 is 17.5 Å². The molecule has 1 saturated carbocycles. The van der Waals surface area contributed by atoms with Crippen molar-refractivity contribution in [1.82, 2.24) is 19.9 Å². The van der Waals surface area contributed by atoms with Gasteiger partial charge in [-0.15, -0.1) is 10.2 Å². The standard InChI is InChI=1S/C27H35N5O4/c1-18-12-13-20(14-18)25(33)36-16-21-10-7-11-23-30-31-24(32(21)23)22(29-26(34)27(2,3)28)17-35-15-19-8-5-4-6-9-19/h4-11,18,20,22H,12-17,28H2,1-3H3,(H,29,34)/t18-,20?,22+/m0/s1. The van der Waals surface area contributed by atoms with E-state index in [9.17, 15) is 9.59 Å². The van der Waals surface area contributed by atoms with Crippen LogP contribution < -0.4 is 11.1 Å². The van der Waals surface area contributed by atoms with E-state index < -0.39 is 11.6 Å². The van der Waals surface area contributed by atoms with Gasteiger partial charge in [-0.2, -0.15) is 0 Å². The van der Waals surface area contributed by atoms with Crippen LogP contribution in [0, 0.1) is 11.8 Å². The van der Waals surface area contributed by atoms with Crippen LogP contribution in [0.15, 0.2) is 48.5 Å². The number of ether oxygens (including phenoxy) is 2. The van der Waals surface area contributed by atoms with Crippen LogP contribution in [-0.2, 0) is 32.3 Å². The van der Waals surface area contributed by atoms with Gasteiger partial charge in [0.05, 0.1) is 30.4 Å². The van der Waals surface area contributed by atoms with E-state index in [1.165, 1.54) is 0 Å². The van der Waals surface area contributed by atoms with Crippen molar-refractivity contribution in [3.63, 3.8) is 0 Å². The van der Waals surface area contributed by atoms with Gasteiger partial charge in [0, 0.05) is 0 Å². The van der Waals surface area contributed by atoms with Gasteiger partial charge >= 0.3 is 5.97 Å². The Bertz CT molecular complexity index is 1190. The SMILES string of the molecule is C[C@H]1CCC(C(=O)OCc2cccc3nnc([C@@H](COCc4ccccc4)NC(=O)C(C)(C)N)n23)C1. The van der Waals surface area contributed by atoms with Gasteiger partial charge in [0.25, 0.3) is 0 Å². The smallest absolute Gasteiger partial charge is 0.309 e. The van der Waals surface area contributed by atoms with E-state index >= 15 is 0 Å². The number of carbonyl (C=O) groups is 2. The van der Waals surface area contributed by atoms with Gasteiger partial charge in [-0.05, 0) is 56.7 Å². The minimum absolute atomic E-state index is 0.0511. The van der Waals surface area contributed by atoms with E-state index in [0.717, 1.165) is 24.8 Å². The van der Waals surface area contributed by atoms with Crippen LogP contribution in [0.3, 0.4) is 0 Å². The summed E-state index contributed by atoms with van der Waals surface area (Å²) in [5.41, 5.74) is 7.26. The molecule has 0 bridgehead atoms. The maximum atomic E-state index is 12.8. The van der Waals surface area contributed by atoms with Crippen molar-refractivity contribution in [1.29, 1.82) is 0 Å². The van der Waals surface area contributed by atoms with Gasteiger partial charge in [0.15, 0.2) is 11.5 Å². The van der Waals surface area contributed by atoms with Crippen molar-refractivity contribution in [2.45, 2.75) is 64.8 Å². The summed E-state index contributed by atoms with van der Waals surface area (Å²) in [6.07, 6.45) is 2.78. The molecular formula is C27H35N5O4. The predicted molar refractivity (Wildman–Crippen MR) is 135 cm³/mol. The number of aromatic nitrogens is 3. The largest absolute Gasteiger partial charge is 0.459 e. The third kappa shape index (κ3) is 6.27. The highest BCUT2D eigenvalue weighted by atomic mass is 16.5. The lowest BCUT2D eigenvalue weighted by Crippen LogP contribution is -2.51. The number of rotatable bonds is 10. The van der Waals surface area contributed by atoms with Gasteiger partial charge in [-0.1, -0.05) is 43.3 Å². The van der Waals surface area contributed by atoms with E-state index in [0.29, 0.717) is 29.7 Å².